The molecule has 0 unspecified atom stereocenters. The van der Waals surface area contributed by atoms with Gasteiger partial charge in [-0.1, -0.05) is 0 Å². The first-order valence-electron chi connectivity index (χ1n) is 5.07. The summed E-state index contributed by atoms with van der Waals surface area (Å²) in [5.41, 5.74) is 0.900. The molecule has 1 rings (SSSR count). The van der Waals surface area contributed by atoms with Crippen molar-refractivity contribution in [2.45, 2.75) is 19.9 Å². The van der Waals surface area contributed by atoms with Gasteiger partial charge in [-0.05, 0) is 25.1 Å². The third kappa shape index (κ3) is 2.89. The molecule has 1 aromatic carbocycles. The summed E-state index contributed by atoms with van der Waals surface area (Å²) in [7, 11) is 3.21. The van der Waals surface area contributed by atoms with E-state index in [-0.39, 0.29) is 11.9 Å². The molecule has 1 amide bonds. The standard InChI is InChI=1S/C12H17NO3/c1-8(13-9(2)14)11-7-10(15-3)5-6-12(11)16-4/h5-8H,1-4H3,(H,13,14)/t8-/m0/s1. The molecule has 0 saturated carbocycles. The molecule has 4 heteroatoms. The van der Waals surface area contributed by atoms with Crippen molar-refractivity contribution in [2.24, 2.45) is 0 Å². The van der Waals surface area contributed by atoms with E-state index in [1.807, 2.05) is 25.1 Å². The maximum Gasteiger partial charge on any atom is 0.217 e. The average Bonchev–Trinajstić information content (AvgIpc) is 2.27. The van der Waals surface area contributed by atoms with Crippen LogP contribution in [0, 0.1) is 0 Å². The van der Waals surface area contributed by atoms with Gasteiger partial charge in [0, 0.05) is 12.5 Å². The van der Waals surface area contributed by atoms with Crippen LogP contribution in [0.15, 0.2) is 18.2 Å². The van der Waals surface area contributed by atoms with Crippen molar-refractivity contribution >= 4 is 5.91 Å². The van der Waals surface area contributed by atoms with Gasteiger partial charge >= 0.3 is 0 Å². The van der Waals surface area contributed by atoms with E-state index in [0.717, 1.165) is 17.1 Å². The number of carbonyl (C=O) groups is 1. The fraction of sp³-hybridized carbons (Fsp3) is 0.417. The molecule has 0 heterocycles. The molecule has 0 bridgehead atoms. The summed E-state index contributed by atoms with van der Waals surface area (Å²) in [6.45, 7) is 3.39. The third-order valence-electron chi connectivity index (χ3n) is 2.32. The number of hydrogen-bond acceptors (Lipinski definition) is 3. The second-order valence-corrected chi connectivity index (χ2v) is 3.53. The Bertz CT molecular complexity index is 377. The van der Waals surface area contributed by atoms with Crippen LogP contribution >= 0.6 is 0 Å². The molecule has 0 spiro atoms. The van der Waals surface area contributed by atoms with Crippen LogP contribution < -0.4 is 14.8 Å². The van der Waals surface area contributed by atoms with E-state index in [0.29, 0.717) is 0 Å². The molecule has 0 aliphatic carbocycles. The maximum absolute atomic E-state index is 11.0. The van der Waals surface area contributed by atoms with E-state index >= 15 is 0 Å². The largest absolute Gasteiger partial charge is 0.497 e. The molecule has 88 valence electrons. The molecule has 1 atom stereocenters. The summed E-state index contributed by atoms with van der Waals surface area (Å²) in [4.78, 5) is 11.0. The number of ether oxygens (including phenoxy) is 2. The molecule has 1 aromatic rings. The van der Waals surface area contributed by atoms with Crippen molar-refractivity contribution in [3.63, 3.8) is 0 Å². The summed E-state index contributed by atoms with van der Waals surface area (Å²) >= 11 is 0. The van der Waals surface area contributed by atoms with E-state index in [2.05, 4.69) is 5.32 Å². The Morgan fingerprint density at radius 3 is 2.50 bits per heavy atom. The first-order chi connectivity index (χ1) is 7.58. The summed E-state index contributed by atoms with van der Waals surface area (Å²) in [5.74, 6) is 1.41. The van der Waals surface area contributed by atoms with Crippen molar-refractivity contribution in [3.05, 3.63) is 23.8 Å². The minimum atomic E-state index is -0.109. The van der Waals surface area contributed by atoms with Gasteiger partial charge in [-0.25, -0.2) is 0 Å². The second kappa shape index (κ2) is 5.39. The Morgan fingerprint density at radius 1 is 1.31 bits per heavy atom. The van der Waals surface area contributed by atoms with E-state index in [1.165, 1.54) is 6.92 Å². The smallest absolute Gasteiger partial charge is 0.217 e. The quantitative estimate of drug-likeness (QED) is 0.848. The molecule has 0 aromatic heterocycles. The molecule has 0 aliphatic heterocycles. The van der Waals surface area contributed by atoms with Gasteiger partial charge in [-0.15, -0.1) is 0 Å². The van der Waals surface area contributed by atoms with Crippen LogP contribution in [0.25, 0.3) is 0 Å². The van der Waals surface area contributed by atoms with Gasteiger partial charge in [0.1, 0.15) is 11.5 Å². The Labute approximate surface area is 95.6 Å². The average molecular weight is 223 g/mol. The SMILES string of the molecule is COc1ccc(OC)c([C@H](C)NC(C)=O)c1. The zero-order valence-corrected chi connectivity index (χ0v) is 10.0. The van der Waals surface area contributed by atoms with E-state index in [4.69, 9.17) is 9.47 Å². The van der Waals surface area contributed by atoms with Crippen molar-refractivity contribution in [1.82, 2.24) is 5.32 Å². The van der Waals surface area contributed by atoms with Gasteiger partial charge in [0.05, 0.1) is 20.3 Å². The number of nitrogens with one attached hydrogen (secondary N) is 1. The topological polar surface area (TPSA) is 47.6 Å². The van der Waals surface area contributed by atoms with Gasteiger partial charge in [-0.2, -0.15) is 0 Å². The third-order valence-corrected chi connectivity index (χ3v) is 2.32. The minimum Gasteiger partial charge on any atom is -0.497 e. The van der Waals surface area contributed by atoms with E-state index in [1.54, 1.807) is 14.2 Å². The summed E-state index contributed by atoms with van der Waals surface area (Å²) in [5, 5.41) is 2.81. The van der Waals surface area contributed by atoms with Crippen LogP contribution in [0.3, 0.4) is 0 Å². The minimum absolute atomic E-state index is 0.0719. The van der Waals surface area contributed by atoms with Crippen LogP contribution in [0.2, 0.25) is 0 Å². The fourth-order valence-corrected chi connectivity index (χ4v) is 1.56. The fourth-order valence-electron chi connectivity index (χ4n) is 1.56. The van der Waals surface area contributed by atoms with Gasteiger partial charge < -0.3 is 14.8 Å². The van der Waals surface area contributed by atoms with E-state index in [9.17, 15) is 4.79 Å². The zero-order valence-electron chi connectivity index (χ0n) is 10.0. The van der Waals surface area contributed by atoms with Crippen LogP contribution in [0.1, 0.15) is 25.5 Å². The highest BCUT2D eigenvalue weighted by molar-refractivity contribution is 5.73. The normalized spacial score (nSPS) is 11.8. The zero-order chi connectivity index (χ0) is 12.1. The molecule has 0 saturated heterocycles. The van der Waals surface area contributed by atoms with Crippen molar-refractivity contribution in [2.75, 3.05) is 14.2 Å². The van der Waals surface area contributed by atoms with Gasteiger partial charge in [0.2, 0.25) is 5.91 Å². The molecule has 0 fully saturated rings. The number of carbonyl (C=O) groups excluding carboxylic acids is 1. The molecule has 4 nitrogen and oxygen atoms in total. The number of rotatable bonds is 4. The lowest BCUT2D eigenvalue weighted by Gasteiger charge is -2.17. The molecule has 0 radical (unpaired) electrons. The number of hydrogen-bond donors (Lipinski definition) is 1. The Kier molecular flexibility index (Phi) is 4.17. The first-order valence-corrected chi connectivity index (χ1v) is 5.07. The van der Waals surface area contributed by atoms with Crippen LogP contribution in [0.4, 0.5) is 0 Å². The Balaban J connectivity index is 3.02. The molecule has 1 N–H and O–H groups in total. The monoisotopic (exact) mass is 223 g/mol. The number of methoxy groups -OCH3 is 2. The predicted octanol–water partition coefficient (Wildman–Crippen LogP) is 1.90. The number of amides is 1. The highest BCUT2D eigenvalue weighted by atomic mass is 16.5. The highest BCUT2D eigenvalue weighted by Gasteiger charge is 2.13. The van der Waals surface area contributed by atoms with Crippen LogP contribution in [-0.4, -0.2) is 20.1 Å². The molecule has 16 heavy (non-hydrogen) atoms. The van der Waals surface area contributed by atoms with Crippen molar-refractivity contribution in [1.29, 1.82) is 0 Å². The Hall–Kier alpha value is -1.71. The van der Waals surface area contributed by atoms with Crippen LogP contribution in [-0.2, 0) is 4.79 Å². The molecular weight excluding hydrogens is 206 g/mol. The number of benzene rings is 1. The van der Waals surface area contributed by atoms with Crippen LogP contribution in [0.5, 0.6) is 11.5 Å². The maximum atomic E-state index is 11.0. The van der Waals surface area contributed by atoms with Gasteiger partial charge in [-0.3, -0.25) is 4.79 Å². The lowest BCUT2D eigenvalue weighted by atomic mass is 10.1. The molecule has 0 aliphatic rings. The van der Waals surface area contributed by atoms with Gasteiger partial charge in [0.25, 0.3) is 0 Å². The molecular formula is C12H17NO3. The van der Waals surface area contributed by atoms with Gasteiger partial charge in [0.15, 0.2) is 0 Å². The summed E-state index contributed by atoms with van der Waals surface area (Å²) in [6, 6.07) is 5.40. The second-order valence-electron chi connectivity index (χ2n) is 3.53. The van der Waals surface area contributed by atoms with Crippen molar-refractivity contribution < 1.29 is 14.3 Å². The predicted molar refractivity (Wildman–Crippen MR) is 61.8 cm³/mol. The van der Waals surface area contributed by atoms with E-state index < -0.39 is 0 Å². The van der Waals surface area contributed by atoms with Crippen molar-refractivity contribution in [3.8, 4) is 11.5 Å². The highest BCUT2D eigenvalue weighted by Crippen LogP contribution is 2.28. The lowest BCUT2D eigenvalue weighted by molar-refractivity contribution is -0.119. The lowest BCUT2D eigenvalue weighted by Crippen LogP contribution is -2.24. The summed E-state index contributed by atoms with van der Waals surface area (Å²) < 4.78 is 10.4. The summed E-state index contributed by atoms with van der Waals surface area (Å²) in [6.07, 6.45) is 0. The first kappa shape index (κ1) is 12.4. The Morgan fingerprint density at radius 2 is 2.00 bits per heavy atom.